The second-order valence-electron chi connectivity index (χ2n) is 5.46. The van der Waals surface area contributed by atoms with Gasteiger partial charge < -0.3 is 4.74 Å². The molecule has 0 bridgehead atoms. The standard InChI is InChI=1S/C17H13Cl2F3N2O4/c1-3-28-15(26)12(19)7-9-6-10(4-5-11(9)18)24-14(25)8-13(17(20,21)22)23(2)16(24)27/h4-8H,3H2,1-2H3/b12-7-. The molecular formula is C17H13Cl2F3N2O4. The Hall–Kier alpha value is -2.52. The predicted molar refractivity (Wildman–Crippen MR) is 97.8 cm³/mol. The van der Waals surface area contributed by atoms with Crippen molar-refractivity contribution in [3.8, 4) is 5.69 Å². The van der Waals surface area contributed by atoms with Crippen molar-refractivity contribution in [2.75, 3.05) is 6.61 Å². The van der Waals surface area contributed by atoms with E-state index in [1.54, 1.807) is 6.92 Å². The van der Waals surface area contributed by atoms with Crippen molar-refractivity contribution in [2.24, 2.45) is 7.05 Å². The number of ether oxygens (including phenoxy) is 1. The molecule has 0 fully saturated rings. The first-order valence-electron chi connectivity index (χ1n) is 7.72. The van der Waals surface area contributed by atoms with Gasteiger partial charge in [-0.25, -0.2) is 14.2 Å². The lowest BCUT2D eigenvalue weighted by atomic mass is 10.1. The Morgan fingerprint density at radius 3 is 2.46 bits per heavy atom. The largest absolute Gasteiger partial charge is 0.462 e. The van der Waals surface area contributed by atoms with Gasteiger partial charge in [-0.05, 0) is 36.8 Å². The predicted octanol–water partition coefficient (Wildman–Crippen LogP) is 3.35. The third-order valence-corrected chi connectivity index (χ3v) is 4.21. The van der Waals surface area contributed by atoms with E-state index in [9.17, 15) is 27.6 Å². The van der Waals surface area contributed by atoms with E-state index < -0.39 is 29.1 Å². The molecule has 1 aromatic heterocycles. The van der Waals surface area contributed by atoms with Gasteiger partial charge in [0.15, 0.2) is 0 Å². The zero-order valence-corrected chi connectivity index (χ0v) is 16.0. The van der Waals surface area contributed by atoms with Gasteiger partial charge in [0.2, 0.25) is 0 Å². The minimum atomic E-state index is -4.87. The monoisotopic (exact) mass is 436 g/mol. The molecular weight excluding hydrogens is 424 g/mol. The Bertz CT molecular complexity index is 1070. The Labute approximate surface area is 166 Å². The van der Waals surface area contributed by atoms with Crippen LogP contribution in [0.2, 0.25) is 5.02 Å². The van der Waals surface area contributed by atoms with Crippen molar-refractivity contribution in [3.63, 3.8) is 0 Å². The number of hydrogen-bond acceptors (Lipinski definition) is 4. The number of carbonyl (C=O) groups excluding carboxylic acids is 1. The normalized spacial score (nSPS) is 12.2. The zero-order chi connectivity index (χ0) is 21.2. The van der Waals surface area contributed by atoms with Crippen LogP contribution in [0.4, 0.5) is 13.2 Å². The average molecular weight is 437 g/mol. The molecule has 11 heteroatoms. The Kier molecular flexibility index (Phi) is 6.41. The van der Waals surface area contributed by atoms with E-state index in [1.807, 2.05) is 0 Å². The number of aromatic nitrogens is 2. The van der Waals surface area contributed by atoms with Crippen molar-refractivity contribution in [2.45, 2.75) is 13.1 Å². The van der Waals surface area contributed by atoms with E-state index in [0.717, 1.165) is 13.1 Å². The molecule has 1 aromatic carbocycles. The maximum Gasteiger partial charge on any atom is 0.431 e. The summed E-state index contributed by atoms with van der Waals surface area (Å²) in [7, 11) is 0.898. The molecule has 0 saturated carbocycles. The van der Waals surface area contributed by atoms with E-state index >= 15 is 0 Å². The molecule has 0 radical (unpaired) electrons. The van der Waals surface area contributed by atoms with E-state index in [-0.39, 0.29) is 27.9 Å². The highest BCUT2D eigenvalue weighted by atomic mass is 35.5. The Morgan fingerprint density at radius 2 is 1.89 bits per heavy atom. The summed E-state index contributed by atoms with van der Waals surface area (Å²) in [5.41, 5.74) is -3.65. The molecule has 0 N–H and O–H groups in total. The highest BCUT2D eigenvalue weighted by Gasteiger charge is 2.35. The third-order valence-electron chi connectivity index (χ3n) is 3.60. The van der Waals surface area contributed by atoms with Gasteiger partial charge >= 0.3 is 17.8 Å². The first-order valence-corrected chi connectivity index (χ1v) is 8.47. The highest BCUT2D eigenvalue weighted by Crippen LogP contribution is 2.27. The minimum absolute atomic E-state index is 0.0525. The van der Waals surface area contributed by atoms with Crippen molar-refractivity contribution in [3.05, 3.63) is 66.4 Å². The number of halogens is 5. The van der Waals surface area contributed by atoms with Gasteiger partial charge in [-0.2, -0.15) is 13.2 Å². The molecule has 1 heterocycles. The Morgan fingerprint density at radius 1 is 1.25 bits per heavy atom. The highest BCUT2D eigenvalue weighted by molar-refractivity contribution is 6.43. The quantitative estimate of drug-likeness (QED) is 0.544. The molecule has 2 aromatic rings. The lowest BCUT2D eigenvalue weighted by Gasteiger charge is -2.14. The van der Waals surface area contributed by atoms with Crippen LogP contribution in [0.15, 0.2) is 38.9 Å². The second kappa shape index (κ2) is 8.24. The zero-order valence-electron chi connectivity index (χ0n) is 14.5. The van der Waals surface area contributed by atoms with Crippen LogP contribution < -0.4 is 11.2 Å². The topological polar surface area (TPSA) is 70.3 Å². The van der Waals surface area contributed by atoms with Gasteiger partial charge in [-0.1, -0.05) is 23.2 Å². The van der Waals surface area contributed by atoms with Gasteiger partial charge in [-0.3, -0.25) is 9.36 Å². The molecule has 150 valence electrons. The summed E-state index contributed by atoms with van der Waals surface area (Å²) in [5.74, 6) is -0.812. The summed E-state index contributed by atoms with van der Waals surface area (Å²) in [4.78, 5) is 36.1. The SMILES string of the molecule is CCOC(=O)/C(Cl)=C/c1cc(-n2c(=O)cc(C(F)(F)F)n(C)c2=O)ccc1Cl. The molecule has 0 unspecified atom stereocenters. The molecule has 0 atom stereocenters. The van der Waals surface area contributed by atoms with Crippen LogP contribution in [0, 0.1) is 0 Å². The average Bonchev–Trinajstić information content (AvgIpc) is 2.60. The smallest absolute Gasteiger partial charge is 0.431 e. The summed E-state index contributed by atoms with van der Waals surface area (Å²) in [5, 5.41) is -0.184. The van der Waals surface area contributed by atoms with Crippen LogP contribution in [-0.2, 0) is 22.8 Å². The fraction of sp³-hybridized carbons (Fsp3) is 0.235. The number of nitrogens with zero attached hydrogens (tertiary/aromatic N) is 2. The molecule has 0 aliphatic rings. The maximum absolute atomic E-state index is 13.0. The fourth-order valence-electron chi connectivity index (χ4n) is 2.31. The van der Waals surface area contributed by atoms with Crippen LogP contribution in [0.3, 0.4) is 0 Å². The van der Waals surface area contributed by atoms with E-state index in [1.165, 1.54) is 18.2 Å². The van der Waals surface area contributed by atoms with Crippen molar-refractivity contribution >= 4 is 35.2 Å². The van der Waals surface area contributed by atoms with Gasteiger partial charge in [0, 0.05) is 18.1 Å². The number of hydrogen-bond donors (Lipinski definition) is 0. The Balaban J connectivity index is 2.64. The first-order chi connectivity index (χ1) is 13.0. The van der Waals surface area contributed by atoms with Crippen molar-refractivity contribution in [1.29, 1.82) is 0 Å². The van der Waals surface area contributed by atoms with Gasteiger partial charge in [-0.15, -0.1) is 0 Å². The van der Waals surface area contributed by atoms with Crippen molar-refractivity contribution < 1.29 is 22.7 Å². The van der Waals surface area contributed by atoms with E-state index in [0.29, 0.717) is 15.2 Å². The molecule has 0 aliphatic heterocycles. The third kappa shape index (κ3) is 4.48. The van der Waals surface area contributed by atoms with Crippen LogP contribution in [0.5, 0.6) is 0 Å². The first kappa shape index (κ1) is 21.8. The van der Waals surface area contributed by atoms with E-state index in [4.69, 9.17) is 27.9 Å². The maximum atomic E-state index is 13.0. The minimum Gasteiger partial charge on any atom is -0.462 e. The molecule has 0 spiro atoms. The fourth-order valence-corrected chi connectivity index (χ4v) is 2.66. The van der Waals surface area contributed by atoms with Crippen LogP contribution in [0.1, 0.15) is 18.2 Å². The van der Waals surface area contributed by atoms with Crippen LogP contribution in [-0.4, -0.2) is 21.7 Å². The summed E-state index contributed by atoms with van der Waals surface area (Å²) < 4.78 is 44.4. The number of alkyl halides is 3. The molecule has 6 nitrogen and oxygen atoms in total. The van der Waals surface area contributed by atoms with Gasteiger partial charge in [0.05, 0.1) is 12.3 Å². The lowest BCUT2D eigenvalue weighted by Crippen LogP contribution is -2.40. The van der Waals surface area contributed by atoms with Crippen LogP contribution in [0.25, 0.3) is 11.8 Å². The number of benzene rings is 1. The summed E-state index contributed by atoms with van der Waals surface area (Å²) in [6, 6.07) is 4.13. The molecule has 0 aliphatic carbocycles. The summed E-state index contributed by atoms with van der Waals surface area (Å²) in [6.07, 6.45) is -3.71. The lowest BCUT2D eigenvalue weighted by molar-refractivity contribution is -0.144. The number of esters is 1. The summed E-state index contributed by atoms with van der Waals surface area (Å²) >= 11 is 11.9. The number of rotatable bonds is 4. The van der Waals surface area contributed by atoms with Crippen LogP contribution >= 0.6 is 23.2 Å². The molecule has 2 rings (SSSR count). The molecule has 0 saturated heterocycles. The summed E-state index contributed by atoms with van der Waals surface area (Å²) in [6.45, 7) is 1.68. The second-order valence-corrected chi connectivity index (χ2v) is 6.28. The van der Waals surface area contributed by atoms with Gasteiger partial charge in [0.25, 0.3) is 5.56 Å². The number of carbonyl (C=O) groups is 1. The molecule has 0 amide bonds. The molecule has 28 heavy (non-hydrogen) atoms. The van der Waals surface area contributed by atoms with Crippen molar-refractivity contribution in [1.82, 2.24) is 9.13 Å². The van der Waals surface area contributed by atoms with Gasteiger partial charge in [0.1, 0.15) is 10.7 Å². The van der Waals surface area contributed by atoms with E-state index in [2.05, 4.69) is 0 Å².